The van der Waals surface area contributed by atoms with Crippen molar-refractivity contribution in [1.29, 1.82) is 0 Å². The summed E-state index contributed by atoms with van der Waals surface area (Å²) in [7, 11) is 0. The lowest BCUT2D eigenvalue weighted by Crippen LogP contribution is -2.24. The molecule has 2 aliphatic carbocycles. The summed E-state index contributed by atoms with van der Waals surface area (Å²) in [6, 6.07) is 0. The van der Waals surface area contributed by atoms with Crippen LogP contribution in [0.4, 0.5) is 0 Å². The number of Topliss-reactive ketones (excluding diaryl/α,β-unsaturated/α-hetero) is 2. The molecule has 2 aliphatic rings. The van der Waals surface area contributed by atoms with Gasteiger partial charge in [-0.3, -0.25) is 9.59 Å². The first-order valence-electron chi connectivity index (χ1n) is 4.32. The molecule has 0 heterocycles. The molecular formula is C9H12O2. The van der Waals surface area contributed by atoms with Crippen LogP contribution >= 0.6 is 0 Å². The van der Waals surface area contributed by atoms with E-state index in [1.165, 1.54) is 0 Å². The molecule has 0 aromatic heterocycles. The van der Waals surface area contributed by atoms with Crippen LogP contribution in [0.3, 0.4) is 0 Å². The highest BCUT2D eigenvalue weighted by atomic mass is 16.1. The van der Waals surface area contributed by atoms with Gasteiger partial charge in [0.05, 0.1) is 0 Å². The standard InChI is InChI=1S/C9H12O2/c10-7-2-3-8-6(5-7)1-4-9(8)11/h6,8H,1-5H2/t6-,8-/m1/s1. The van der Waals surface area contributed by atoms with Crippen LogP contribution in [0.2, 0.25) is 0 Å². The summed E-state index contributed by atoms with van der Waals surface area (Å²) in [6.07, 6.45) is 3.85. The van der Waals surface area contributed by atoms with E-state index < -0.39 is 0 Å². The third-order valence-corrected chi connectivity index (χ3v) is 2.97. The molecule has 0 N–H and O–H groups in total. The van der Waals surface area contributed by atoms with E-state index in [1.54, 1.807) is 0 Å². The monoisotopic (exact) mass is 152 g/mol. The van der Waals surface area contributed by atoms with Crippen LogP contribution in [0.15, 0.2) is 0 Å². The van der Waals surface area contributed by atoms with Crippen molar-refractivity contribution in [3.63, 3.8) is 0 Å². The van der Waals surface area contributed by atoms with Crippen molar-refractivity contribution in [3.05, 3.63) is 0 Å². The molecule has 0 aromatic rings. The number of fused-ring (bicyclic) bond motifs is 1. The maximum atomic E-state index is 11.2. The second-order valence-corrected chi connectivity index (χ2v) is 3.65. The molecule has 0 aromatic carbocycles. The van der Waals surface area contributed by atoms with Gasteiger partial charge in [0.2, 0.25) is 0 Å². The molecule has 2 saturated carbocycles. The van der Waals surface area contributed by atoms with Crippen molar-refractivity contribution >= 4 is 11.6 Å². The number of ketones is 2. The van der Waals surface area contributed by atoms with E-state index >= 15 is 0 Å². The SMILES string of the molecule is O=C1CC[C@H]2C(=O)CC[C@@H]2C1. The Bertz CT molecular complexity index is 208. The Morgan fingerprint density at radius 3 is 2.73 bits per heavy atom. The van der Waals surface area contributed by atoms with Crippen LogP contribution in [-0.2, 0) is 9.59 Å². The lowest BCUT2D eigenvalue weighted by atomic mass is 9.81. The van der Waals surface area contributed by atoms with Crippen LogP contribution in [0.1, 0.15) is 32.1 Å². The van der Waals surface area contributed by atoms with Gasteiger partial charge in [-0.25, -0.2) is 0 Å². The normalized spacial score (nSPS) is 37.5. The summed E-state index contributed by atoms with van der Waals surface area (Å²) in [5.74, 6) is 1.44. The fraction of sp³-hybridized carbons (Fsp3) is 0.778. The minimum Gasteiger partial charge on any atom is -0.300 e. The van der Waals surface area contributed by atoms with Crippen molar-refractivity contribution in [3.8, 4) is 0 Å². The molecule has 11 heavy (non-hydrogen) atoms. The Kier molecular flexibility index (Phi) is 1.55. The minimum atomic E-state index is 0.257. The van der Waals surface area contributed by atoms with Crippen molar-refractivity contribution in [2.24, 2.45) is 11.8 Å². The molecule has 0 unspecified atom stereocenters. The topological polar surface area (TPSA) is 34.1 Å². The molecule has 0 bridgehead atoms. The van der Waals surface area contributed by atoms with E-state index in [1.807, 2.05) is 0 Å². The summed E-state index contributed by atoms with van der Waals surface area (Å²) in [5.41, 5.74) is 0. The quantitative estimate of drug-likeness (QED) is 0.524. The highest BCUT2D eigenvalue weighted by molar-refractivity contribution is 5.88. The van der Waals surface area contributed by atoms with Gasteiger partial charge in [-0.2, -0.15) is 0 Å². The second kappa shape index (κ2) is 2.43. The Hall–Kier alpha value is -0.660. The van der Waals surface area contributed by atoms with Gasteiger partial charge in [-0.05, 0) is 18.8 Å². The predicted molar refractivity (Wildman–Crippen MR) is 40.1 cm³/mol. The molecule has 60 valence electrons. The molecule has 2 rings (SSSR count). The van der Waals surface area contributed by atoms with Gasteiger partial charge in [0.1, 0.15) is 11.6 Å². The van der Waals surface area contributed by atoms with Crippen LogP contribution in [-0.4, -0.2) is 11.6 Å². The maximum Gasteiger partial charge on any atom is 0.136 e. The highest BCUT2D eigenvalue weighted by Crippen LogP contribution is 2.38. The summed E-state index contributed by atoms with van der Waals surface area (Å²) in [5, 5.41) is 0. The van der Waals surface area contributed by atoms with Gasteiger partial charge in [-0.1, -0.05) is 0 Å². The van der Waals surface area contributed by atoms with Crippen molar-refractivity contribution in [2.75, 3.05) is 0 Å². The lowest BCUT2D eigenvalue weighted by molar-refractivity contribution is -0.126. The van der Waals surface area contributed by atoms with Gasteiger partial charge < -0.3 is 0 Å². The molecule has 2 atom stereocenters. The number of carbonyl (C=O) groups is 2. The lowest BCUT2D eigenvalue weighted by Gasteiger charge is -2.22. The predicted octanol–water partition coefficient (Wildman–Crippen LogP) is 1.33. The zero-order valence-electron chi connectivity index (χ0n) is 6.51. The van der Waals surface area contributed by atoms with Crippen LogP contribution in [0.5, 0.6) is 0 Å². The van der Waals surface area contributed by atoms with E-state index in [9.17, 15) is 9.59 Å². The molecule has 0 radical (unpaired) electrons. The van der Waals surface area contributed by atoms with Gasteiger partial charge in [0.25, 0.3) is 0 Å². The molecular weight excluding hydrogens is 140 g/mol. The smallest absolute Gasteiger partial charge is 0.136 e. The molecule has 0 amide bonds. The van der Waals surface area contributed by atoms with E-state index in [-0.39, 0.29) is 5.92 Å². The molecule has 2 heteroatoms. The molecule has 0 saturated heterocycles. The van der Waals surface area contributed by atoms with Crippen molar-refractivity contribution in [2.45, 2.75) is 32.1 Å². The Balaban J connectivity index is 2.11. The molecule has 2 nitrogen and oxygen atoms in total. The van der Waals surface area contributed by atoms with Crippen molar-refractivity contribution < 1.29 is 9.59 Å². The minimum absolute atomic E-state index is 0.257. The Labute approximate surface area is 66.0 Å². The fourth-order valence-corrected chi connectivity index (χ4v) is 2.33. The van der Waals surface area contributed by atoms with E-state index in [4.69, 9.17) is 0 Å². The Morgan fingerprint density at radius 2 is 1.91 bits per heavy atom. The zero-order valence-corrected chi connectivity index (χ0v) is 6.51. The van der Waals surface area contributed by atoms with Crippen LogP contribution in [0, 0.1) is 11.8 Å². The fourth-order valence-electron chi connectivity index (χ4n) is 2.33. The largest absolute Gasteiger partial charge is 0.300 e. The van der Waals surface area contributed by atoms with Gasteiger partial charge in [0.15, 0.2) is 0 Å². The Morgan fingerprint density at radius 1 is 1.09 bits per heavy atom. The summed E-state index contributed by atoms with van der Waals surface area (Å²) >= 11 is 0. The number of hydrogen-bond donors (Lipinski definition) is 0. The summed E-state index contributed by atoms with van der Waals surface area (Å²) < 4.78 is 0. The van der Waals surface area contributed by atoms with Crippen molar-refractivity contribution in [1.82, 2.24) is 0 Å². The number of carbonyl (C=O) groups excluding carboxylic acids is 2. The van der Waals surface area contributed by atoms with Crippen LogP contribution < -0.4 is 0 Å². The third kappa shape index (κ3) is 1.10. The second-order valence-electron chi connectivity index (χ2n) is 3.65. The van der Waals surface area contributed by atoms with Crippen LogP contribution in [0.25, 0.3) is 0 Å². The average Bonchev–Trinajstić information content (AvgIpc) is 2.32. The summed E-state index contributed by atoms with van der Waals surface area (Å²) in [6.45, 7) is 0. The van der Waals surface area contributed by atoms with Gasteiger partial charge in [0, 0.05) is 25.2 Å². The van der Waals surface area contributed by atoms with Gasteiger partial charge >= 0.3 is 0 Å². The first-order valence-corrected chi connectivity index (χ1v) is 4.32. The molecule has 0 aliphatic heterocycles. The zero-order chi connectivity index (χ0) is 7.84. The molecule has 0 spiro atoms. The number of hydrogen-bond acceptors (Lipinski definition) is 2. The third-order valence-electron chi connectivity index (χ3n) is 2.97. The van der Waals surface area contributed by atoms with E-state index in [0.717, 1.165) is 19.3 Å². The molecule has 2 fully saturated rings. The average molecular weight is 152 g/mol. The maximum absolute atomic E-state index is 11.2. The van der Waals surface area contributed by atoms with E-state index in [2.05, 4.69) is 0 Å². The van der Waals surface area contributed by atoms with E-state index in [0.29, 0.717) is 30.3 Å². The first-order chi connectivity index (χ1) is 5.27. The number of rotatable bonds is 0. The van der Waals surface area contributed by atoms with Gasteiger partial charge in [-0.15, -0.1) is 0 Å². The highest BCUT2D eigenvalue weighted by Gasteiger charge is 2.38. The summed E-state index contributed by atoms with van der Waals surface area (Å²) in [4.78, 5) is 22.2. The first kappa shape index (κ1) is 7.01.